The van der Waals surface area contributed by atoms with Crippen molar-refractivity contribution in [2.75, 3.05) is 24.5 Å². The van der Waals surface area contributed by atoms with E-state index in [1.54, 1.807) is 0 Å². The van der Waals surface area contributed by atoms with E-state index in [1.165, 1.54) is 0 Å². The summed E-state index contributed by atoms with van der Waals surface area (Å²) < 4.78 is 0. The summed E-state index contributed by atoms with van der Waals surface area (Å²) in [5.41, 5.74) is 4.66. The highest BCUT2D eigenvalue weighted by Crippen LogP contribution is 2.47. The lowest BCUT2D eigenvalue weighted by molar-refractivity contribution is -0.124. The van der Waals surface area contributed by atoms with Crippen molar-refractivity contribution in [2.24, 2.45) is 0 Å². The highest BCUT2D eigenvalue weighted by atomic mass is 16.2. The van der Waals surface area contributed by atoms with Crippen LogP contribution in [-0.2, 0) is 10.2 Å². The number of para-hydroxylation sites is 1. The number of hydrogen-bond donors (Lipinski definition) is 0. The van der Waals surface area contributed by atoms with Crippen LogP contribution in [-0.4, -0.2) is 36.3 Å². The van der Waals surface area contributed by atoms with Gasteiger partial charge in [0.25, 0.3) is 5.91 Å². The van der Waals surface area contributed by atoms with Crippen molar-refractivity contribution in [3.8, 4) is 0 Å². The molecule has 0 N–H and O–H groups in total. The van der Waals surface area contributed by atoms with Gasteiger partial charge in [-0.3, -0.25) is 9.59 Å². The summed E-state index contributed by atoms with van der Waals surface area (Å²) in [6, 6.07) is 14.1. The van der Waals surface area contributed by atoms with E-state index >= 15 is 0 Å². The first-order chi connectivity index (χ1) is 13.0. The molecule has 4 nitrogen and oxygen atoms in total. The van der Waals surface area contributed by atoms with Crippen LogP contribution < -0.4 is 4.90 Å². The topological polar surface area (TPSA) is 40.6 Å². The molecule has 2 heterocycles. The summed E-state index contributed by atoms with van der Waals surface area (Å²) in [6.07, 6.45) is 1.38. The van der Waals surface area contributed by atoms with Crippen LogP contribution in [0.25, 0.3) is 0 Å². The number of likely N-dealkylation sites (N-methyl/N-ethyl adjacent to an activating group) is 1. The van der Waals surface area contributed by atoms with E-state index in [2.05, 4.69) is 12.1 Å². The molecular weight excluding hydrogens is 336 g/mol. The number of fused-ring (bicyclic) bond motifs is 2. The molecule has 0 aromatic heterocycles. The largest absolute Gasteiger partial charge is 0.339 e. The number of benzene rings is 2. The second-order valence-electron chi connectivity index (χ2n) is 7.82. The molecule has 2 amide bonds. The van der Waals surface area contributed by atoms with Gasteiger partial charge in [0, 0.05) is 30.9 Å². The van der Waals surface area contributed by atoms with Gasteiger partial charge in [0.1, 0.15) is 0 Å². The van der Waals surface area contributed by atoms with Crippen molar-refractivity contribution in [1.82, 2.24) is 4.90 Å². The van der Waals surface area contributed by atoms with Crippen LogP contribution >= 0.6 is 0 Å². The van der Waals surface area contributed by atoms with Crippen molar-refractivity contribution in [3.05, 3.63) is 64.7 Å². The Kier molecular flexibility index (Phi) is 4.29. The van der Waals surface area contributed by atoms with E-state index in [9.17, 15) is 9.59 Å². The number of hydrogen-bond acceptors (Lipinski definition) is 2. The molecule has 27 heavy (non-hydrogen) atoms. The third kappa shape index (κ3) is 2.75. The van der Waals surface area contributed by atoms with E-state index < -0.39 is 5.41 Å². The van der Waals surface area contributed by atoms with Crippen molar-refractivity contribution >= 4 is 17.5 Å². The van der Waals surface area contributed by atoms with Gasteiger partial charge in [-0.05, 0) is 57.4 Å². The molecule has 2 aromatic rings. The first-order valence-corrected chi connectivity index (χ1v) is 9.75. The third-order valence-corrected chi connectivity index (χ3v) is 6.05. The molecule has 2 aliphatic heterocycles. The molecule has 2 aliphatic rings. The van der Waals surface area contributed by atoms with E-state index in [4.69, 9.17) is 0 Å². The molecule has 4 heteroatoms. The minimum absolute atomic E-state index is 0.0720. The summed E-state index contributed by atoms with van der Waals surface area (Å²) in [5, 5.41) is 0. The molecule has 140 valence electrons. The van der Waals surface area contributed by atoms with Crippen LogP contribution in [0.4, 0.5) is 5.69 Å². The molecule has 4 rings (SSSR count). The highest BCUT2D eigenvalue weighted by Gasteiger charge is 2.51. The van der Waals surface area contributed by atoms with Gasteiger partial charge in [-0.2, -0.15) is 0 Å². The summed E-state index contributed by atoms with van der Waals surface area (Å²) >= 11 is 0. The first kappa shape index (κ1) is 17.8. The molecule has 1 spiro atoms. The Morgan fingerprint density at radius 3 is 2.30 bits per heavy atom. The second-order valence-corrected chi connectivity index (χ2v) is 7.82. The number of piperidine rings is 1. The number of carbonyl (C=O) groups is 2. The zero-order chi connectivity index (χ0) is 19.2. The average molecular weight is 362 g/mol. The Morgan fingerprint density at radius 2 is 1.67 bits per heavy atom. The molecule has 1 saturated heterocycles. The van der Waals surface area contributed by atoms with Gasteiger partial charge < -0.3 is 9.80 Å². The predicted molar refractivity (Wildman–Crippen MR) is 107 cm³/mol. The Labute approximate surface area is 160 Å². The smallest absolute Gasteiger partial charge is 0.253 e. The predicted octanol–water partition coefficient (Wildman–Crippen LogP) is 3.84. The average Bonchev–Trinajstić information content (AvgIpc) is 2.89. The lowest BCUT2D eigenvalue weighted by Crippen LogP contribution is -2.50. The lowest BCUT2D eigenvalue weighted by Gasteiger charge is -2.38. The van der Waals surface area contributed by atoms with Crippen LogP contribution in [0, 0.1) is 13.8 Å². The Hall–Kier alpha value is -2.62. The number of amides is 2. The fourth-order valence-corrected chi connectivity index (χ4v) is 4.77. The molecule has 0 aliphatic carbocycles. The minimum Gasteiger partial charge on any atom is -0.339 e. The van der Waals surface area contributed by atoms with Crippen LogP contribution in [0.15, 0.2) is 42.5 Å². The van der Waals surface area contributed by atoms with Gasteiger partial charge in [0.2, 0.25) is 5.91 Å². The molecular formula is C23H26N2O2. The first-order valence-electron chi connectivity index (χ1n) is 9.75. The number of rotatable bonds is 2. The fourth-order valence-electron chi connectivity index (χ4n) is 4.77. The van der Waals surface area contributed by atoms with E-state index in [-0.39, 0.29) is 11.8 Å². The van der Waals surface area contributed by atoms with Crippen molar-refractivity contribution in [3.63, 3.8) is 0 Å². The van der Waals surface area contributed by atoms with Crippen LogP contribution in [0.3, 0.4) is 0 Å². The van der Waals surface area contributed by atoms with Crippen molar-refractivity contribution < 1.29 is 9.59 Å². The van der Waals surface area contributed by atoms with Gasteiger partial charge in [-0.15, -0.1) is 0 Å². The maximum atomic E-state index is 13.2. The number of likely N-dealkylation sites (tertiary alicyclic amines) is 1. The summed E-state index contributed by atoms with van der Waals surface area (Å²) in [4.78, 5) is 30.0. The molecule has 0 unspecified atom stereocenters. The van der Waals surface area contributed by atoms with Crippen molar-refractivity contribution in [1.29, 1.82) is 0 Å². The minimum atomic E-state index is -0.466. The Bertz CT molecular complexity index is 890. The van der Waals surface area contributed by atoms with Crippen LogP contribution in [0.5, 0.6) is 0 Å². The highest BCUT2D eigenvalue weighted by molar-refractivity contribution is 6.08. The van der Waals surface area contributed by atoms with Gasteiger partial charge in [0.15, 0.2) is 0 Å². The van der Waals surface area contributed by atoms with Crippen LogP contribution in [0.1, 0.15) is 46.8 Å². The fraction of sp³-hybridized carbons (Fsp3) is 0.391. The Balaban J connectivity index is 1.58. The van der Waals surface area contributed by atoms with E-state index in [0.717, 1.165) is 27.9 Å². The molecule has 0 bridgehead atoms. The number of aryl methyl sites for hydroxylation is 2. The molecule has 1 fully saturated rings. The maximum absolute atomic E-state index is 13.2. The molecule has 0 radical (unpaired) electrons. The lowest BCUT2D eigenvalue weighted by atomic mass is 9.73. The number of carbonyl (C=O) groups excluding carboxylic acids is 2. The van der Waals surface area contributed by atoms with Gasteiger partial charge >= 0.3 is 0 Å². The summed E-state index contributed by atoms with van der Waals surface area (Å²) in [6.45, 7) is 7.97. The third-order valence-electron chi connectivity index (χ3n) is 6.05. The zero-order valence-corrected chi connectivity index (χ0v) is 16.3. The van der Waals surface area contributed by atoms with Crippen LogP contribution in [0.2, 0.25) is 0 Å². The summed E-state index contributed by atoms with van der Waals surface area (Å²) in [5.74, 6) is 0.271. The summed E-state index contributed by atoms with van der Waals surface area (Å²) in [7, 11) is 0. The van der Waals surface area contributed by atoms with Gasteiger partial charge in [-0.1, -0.05) is 35.4 Å². The monoisotopic (exact) mass is 362 g/mol. The van der Waals surface area contributed by atoms with E-state index in [0.29, 0.717) is 32.5 Å². The Morgan fingerprint density at radius 1 is 1.04 bits per heavy atom. The van der Waals surface area contributed by atoms with Gasteiger partial charge in [-0.25, -0.2) is 0 Å². The van der Waals surface area contributed by atoms with E-state index in [1.807, 2.05) is 60.9 Å². The molecule has 0 atom stereocenters. The number of nitrogens with zero attached hydrogens (tertiary/aromatic N) is 2. The second kappa shape index (κ2) is 6.52. The zero-order valence-electron chi connectivity index (χ0n) is 16.3. The standard InChI is InChI=1S/C23H26N2O2/c1-4-25-20-8-6-5-7-19(20)23(22(25)27)9-11-24(12-10-23)21(26)18-14-16(2)13-17(3)15-18/h5-8,13-15H,4,9-12H2,1-3H3. The maximum Gasteiger partial charge on any atom is 0.253 e. The normalized spacial score (nSPS) is 18.1. The SMILES string of the molecule is CCN1C(=O)C2(CCN(C(=O)c3cc(C)cc(C)c3)CC2)c2ccccc21. The molecule has 0 saturated carbocycles. The van der Waals surface area contributed by atoms with Gasteiger partial charge in [0.05, 0.1) is 5.41 Å². The quantitative estimate of drug-likeness (QED) is 0.814. The molecule has 2 aromatic carbocycles. The number of anilines is 1. The van der Waals surface area contributed by atoms with Crippen molar-refractivity contribution in [2.45, 2.75) is 39.0 Å².